The van der Waals surface area contributed by atoms with Crippen LogP contribution in [0.2, 0.25) is 0 Å². The summed E-state index contributed by atoms with van der Waals surface area (Å²) < 4.78 is 26.2. The van der Waals surface area contributed by atoms with Crippen molar-refractivity contribution in [2.45, 2.75) is 53.1 Å². The van der Waals surface area contributed by atoms with Crippen molar-refractivity contribution in [2.75, 3.05) is 11.7 Å². The lowest BCUT2D eigenvalue weighted by atomic mass is 9.75. The highest BCUT2D eigenvalue weighted by molar-refractivity contribution is 7.68. The molecule has 1 aliphatic rings. The monoisotopic (exact) mass is 415 g/mol. The van der Waals surface area contributed by atoms with E-state index < -0.39 is 7.52 Å². The second-order valence-corrected chi connectivity index (χ2v) is 10.5. The van der Waals surface area contributed by atoms with E-state index in [2.05, 4.69) is 25.9 Å². The number of hydrogen-bond donors (Lipinski definition) is 1. The van der Waals surface area contributed by atoms with Crippen LogP contribution in [-0.4, -0.2) is 12.7 Å². The van der Waals surface area contributed by atoms with E-state index in [0.717, 1.165) is 24.3 Å². The lowest BCUT2D eigenvalue weighted by Crippen LogP contribution is -2.35. The Morgan fingerprint density at radius 2 is 1.76 bits per heavy atom. The second kappa shape index (κ2) is 9.82. The van der Waals surface area contributed by atoms with Crippen LogP contribution in [0.4, 0.5) is 5.69 Å². The first-order chi connectivity index (χ1) is 13.9. The molecule has 4 nitrogen and oxygen atoms in total. The zero-order valence-corrected chi connectivity index (χ0v) is 18.9. The van der Waals surface area contributed by atoms with E-state index in [1.54, 1.807) is 0 Å². The van der Waals surface area contributed by atoms with E-state index >= 15 is 0 Å². The molecule has 1 saturated carbocycles. The first-order valence-corrected chi connectivity index (χ1v) is 12.4. The molecule has 1 fully saturated rings. The molecule has 0 amide bonds. The van der Waals surface area contributed by atoms with Crippen molar-refractivity contribution in [3.05, 3.63) is 54.6 Å². The Kier molecular flexibility index (Phi) is 7.43. The molecule has 0 unspecified atom stereocenters. The molecule has 4 atom stereocenters. The Balaban J connectivity index is 1.88. The van der Waals surface area contributed by atoms with Crippen LogP contribution < -0.4 is 15.1 Å². The highest BCUT2D eigenvalue weighted by Gasteiger charge is 2.38. The van der Waals surface area contributed by atoms with E-state index in [1.807, 2.05) is 61.5 Å². The van der Waals surface area contributed by atoms with Crippen LogP contribution in [0.1, 0.15) is 47.0 Å². The summed E-state index contributed by atoms with van der Waals surface area (Å²) in [7, 11) is -3.29. The van der Waals surface area contributed by atoms with Gasteiger partial charge in [0.15, 0.2) is 0 Å². The summed E-state index contributed by atoms with van der Waals surface area (Å²) in [6, 6.07) is 17.1. The van der Waals surface area contributed by atoms with Gasteiger partial charge in [0.2, 0.25) is 0 Å². The molecule has 0 aromatic heterocycles. The Hall–Kier alpha value is -1.77. The summed E-state index contributed by atoms with van der Waals surface area (Å²) in [6.07, 6.45) is 3.27. The van der Waals surface area contributed by atoms with E-state index in [4.69, 9.17) is 9.26 Å². The number of nitrogens with one attached hydrogen (secondary N) is 1. The van der Waals surface area contributed by atoms with Crippen LogP contribution in [-0.2, 0) is 9.09 Å². The molecule has 5 heteroatoms. The summed E-state index contributed by atoms with van der Waals surface area (Å²) >= 11 is 0. The van der Waals surface area contributed by atoms with Crippen LogP contribution >= 0.6 is 7.52 Å². The summed E-state index contributed by atoms with van der Waals surface area (Å²) in [5.41, 5.74) is 0.769. The van der Waals surface area contributed by atoms with Crippen LogP contribution in [0.3, 0.4) is 0 Å². The minimum absolute atomic E-state index is 0.0139. The quantitative estimate of drug-likeness (QED) is 0.500. The van der Waals surface area contributed by atoms with Gasteiger partial charge in [0.25, 0.3) is 0 Å². The Morgan fingerprint density at radius 3 is 2.38 bits per heavy atom. The average molecular weight is 416 g/mol. The van der Waals surface area contributed by atoms with E-state index in [0.29, 0.717) is 29.7 Å². The molecule has 2 aromatic rings. The van der Waals surface area contributed by atoms with Gasteiger partial charge in [-0.2, -0.15) is 0 Å². The molecule has 158 valence electrons. The Bertz CT molecular complexity index is 807. The number of ether oxygens (including phenoxy) is 1. The van der Waals surface area contributed by atoms with Crippen molar-refractivity contribution in [3.63, 3.8) is 0 Å². The van der Waals surface area contributed by atoms with Gasteiger partial charge in [-0.25, -0.2) is 0 Å². The van der Waals surface area contributed by atoms with Crippen molar-refractivity contribution >= 4 is 18.5 Å². The van der Waals surface area contributed by atoms with Gasteiger partial charge >= 0.3 is 7.52 Å². The molecule has 0 radical (unpaired) electrons. The maximum atomic E-state index is 14.2. The normalized spacial score (nSPS) is 24.1. The standard InChI is InChI=1S/C24H34NO3P/c1-5-27-21-14-12-20(13-15-21)25-29(26,22-9-7-6-8-10-22)28-24-17-19(4)11-16-23(24)18(2)3/h6-10,12-15,18-19,23-24H,5,11,16-17H2,1-4H3,(H,25,26)/t19-,23-,24+,29+/m0/s1. The van der Waals surface area contributed by atoms with Gasteiger partial charge in [-0.15, -0.1) is 0 Å². The van der Waals surface area contributed by atoms with Crippen LogP contribution in [0, 0.1) is 17.8 Å². The molecule has 0 spiro atoms. The molecule has 0 aliphatic heterocycles. The van der Waals surface area contributed by atoms with E-state index in [9.17, 15) is 4.57 Å². The van der Waals surface area contributed by atoms with E-state index in [1.165, 1.54) is 6.42 Å². The number of hydrogen-bond acceptors (Lipinski definition) is 3. The van der Waals surface area contributed by atoms with Gasteiger partial charge in [-0.3, -0.25) is 4.57 Å². The highest BCUT2D eigenvalue weighted by Crippen LogP contribution is 2.51. The molecule has 0 bridgehead atoms. The van der Waals surface area contributed by atoms with Crippen molar-refractivity contribution in [1.82, 2.24) is 0 Å². The molecular weight excluding hydrogens is 381 g/mol. The second-order valence-electron chi connectivity index (χ2n) is 8.43. The topological polar surface area (TPSA) is 47.6 Å². The minimum atomic E-state index is -3.29. The van der Waals surface area contributed by atoms with E-state index in [-0.39, 0.29) is 6.10 Å². The van der Waals surface area contributed by atoms with Crippen LogP contribution in [0.25, 0.3) is 0 Å². The first kappa shape index (κ1) is 21.9. The number of anilines is 1. The smallest absolute Gasteiger partial charge is 0.324 e. The lowest BCUT2D eigenvalue weighted by Gasteiger charge is -2.39. The third-order valence-electron chi connectivity index (χ3n) is 5.78. The summed E-state index contributed by atoms with van der Waals surface area (Å²) in [6.45, 7) is 9.32. The Labute approximate surface area is 175 Å². The third-order valence-corrected chi connectivity index (χ3v) is 7.88. The summed E-state index contributed by atoms with van der Waals surface area (Å²) in [4.78, 5) is 0. The zero-order chi connectivity index (χ0) is 20.9. The fraction of sp³-hybridized carbons (Fsp3) is 0.500. The summed E-state index contributed by atoms with van der Waals surface area (Å²) in [5, 5.41) is 3.94. The van der Waals surface area contributed by atoms with Crippen molar-refractivity contribution in [3.8, 4) is 5.75 Å². The van der Waals surface area contributed by atoms with Gasteiger partial charge in [0.1, 0.15) is 5.75 Å². The maximum Gasteiger partial charge on any atom is 0.324 e. The molecule has 3 rings (SSSR count). The predicted octanol–water partition coefficient (Wildman–Crippen LogP) is 6.49. The first-order valence-electron chi connectivity index (χ1n) is 10.8. The average Bonchev–Trinajstić information content (AvgIpc) is 2.70. The zero-order valence-electron chi connectivity index (χ0n) is 18.0. The number of rotatable bonds is 8. The fourth-order valence-electron chi connectivity index (χ4n) is 4.16. The maximum absolute atomic E-state index is 14.2. The van der Waals surface area contributed by atoms with Gasteiger partial charge in [-0.1, -0.05) is 45.4 Å². The molecule has 2 aromatic carbocycles. The Morgan fingerprint density at radius 1 is 1.07 bits per heavy atom. The number of benzene rings is 2. The van der Waals surface area contributed by atoms with Crippen LogP contribution in [0.15, 0.2) is 54.6 Å². The summed E-state index contributed by atoms with van der Waals surface area (Å²) in [5.74, 6) is 2.31. The highest BCUT2D eigenvalue weighted by atomic mass is 31.2. The van der Waals surface area contributed by atoms with Crippen LogP contribution in [0.5, 0.6) is 5.75 Å². The lowest BCUT2D eigenvalue weighted by molar-refractivity contribution is 0.0506. The molecular formula is C24H34NO3P. The van der Waals surface area contributed by atoms with Crippen molar-refractivity contribution in [1.29, 1.82) is 0 Å². The molecule has 1 aliphatic carbocycles. The van der Waals surface area contributed by atoms with Crippen molar-refractivity contribution < 1.29 is 13.8 Å². The fourth-order valence-corrected chi connectivity index (χ4v) is 6.15. The van der Waals surface area contributed by atoms with Gasteiger partial charge < -0.3 is 14.3 Å². The van der Waals surface area contributed by atoms with Gasteiger partial charge in [-0.05, 0) is 73.9 Å². The molecule has 0 heterocycles. The molecule has 29 heavy (non-hydrogen) atoms. The minimum Gasteiger partial charge on any atom is -0.494 e. The SMILES string of the molecule is CCOc1ccc(N[P@](=O)(O[C@@H]2C[C@@H](C)CC[C@H]2C(C)C)c2ccccc2)cc1. The third kappa shape index (κ3) is 5.65. The molecule has 0 saturated heterocycles. The van der Waals surface area contributed by atoms with Gasteiger partial charge in [0, 0.05) is 5.69 Å². The predicted molar refractivity (Wildman–Crippen MR) is 121 cm³/mol. The van der Waals surface area contributed by atoms with Crippen molar-refractivity contribution in [2.24, 2.45) is 17.8 Å². The van der Waals surface area contributed by atoms with Gasteiger partial charge in [0.05, 0.1) is 18.0 Å². The molecule has 1 N–H and O–H groups in total. The largest absolute Gasteiger partial charge is 0.494 e.